The van der Waals surface area contributed by atoms with E-state index in [9.17, 15) is 0 Å². The molecular formula is C19H25N3. The fourth-order valence-corrected chi connectivity index (χ4v) is 2.46. The molecule has 0 aliphatic heterocycles. The summed E-state index contributed by atoms with van der Waals surface area (Å²) in [4.78, 5) is 4.41. The highest BCUT2D eigenvalue weighted by molar-refractivity contribution is 6.13. The summed E-state index contributed by atoms with van der Waals surface area (Å²) >= 11 is 0. The lowest BCUT2D eigenvalue weighted by atomic mass is 10.0. The van der Waals surface area contributed by atoms with Gasteiger partial charge in [0.15, 0.2) is 0 Å². The minimum absolute atomic E-state index is 0.521. The molecule has 1 aromatic heterocycles. The molecule has 2 aromatic rings. The maximum absolute atomic E-state index is 8.47. The molecule has 2 rings (SSSR count). The molecule has 3 heteroatoms. The third-order valence-electron chi connectivity index (χ3n) is 3.71. The molecular weight excluding hydrogens is 270 g/mol. The highest BCUT2D eigenvalue weighted by Gasteiger charge is 2.10. The quantitative estimate of drug-likeness (QED) is 0.543. The summed E-state index contributed by atoms with van der Waals surface area (Å²) in [6, 6.07) is 11.9. The van der Waals surface area contributed by atoms with Gasteiger partial charge in [0.05, 0.1) is 5.71 Å². The predicted octanol–water partition coefficient (Wildman–Crippen LogP) is 4.80. The van der Waals surface area contributed by atoms with Gasteiger partial charge in [-0.15, -0.1) is 0 Å². The Morgan fingerprint density at radius 3 is 2.77 bits per heavy atom. The van der Waals surface area contributed by atoms with Gasteiger partial charge in [-0.3, -0.25) is 5.41 Å². The van der Waals surface area contributed by atoms with E-state index in [2.05, 4.69) is 17.2 Å². The number of hydrogen-bond donors (Lipinski definition) is 2. The Balaban J connectivity index is 2.09. The molecule has 0 amide bonds. The fraction of sp³-hybridized carbons (Fsp3) is 0.368. The summed E-state index contributed by atoms with van der Waals surface area (Å²) in [6.45, 7) is 5.17. The number of hydrogen-bond acceptors (Lipinski definition) is 3. The maximum atomic E-state index is 8.47. The van der Waals surface area contributed by atoms with Crippen LogP contribution in [0.1, 0.15) is 49.3 Å². The molecule has 0 unspecified atom stereocenters. The van der Waals surface area contributed by atoms with E-state index in [-0.39, 0.29) is 0 Å². The van der Waals surface area contributed by atoms with Crippen molar-refractivity contribution >= 4 is 11.5 Å². The zero-order valence-electron chi connectivity index (χ0n) is 13.5. The van der Waals surface area contributed by atoms with E-state index in [0.717, 1.165) is 29.9 Å². The van der Waals surface area contributed by atoms with Gasteiger partial charge in [0, 0.05) is 23.9 Å². The van der Waals surface area contributed by atoms with Gasteiger partial charge in [0.25, 0.3) is 0 Å². The molecule has 0 saturated heterocycles. The summed E-state index contributed by atoms with van der Waals surface area (Å²) in [7, 11) is 0. The summed E-state index contributed by atoms with van der Waals surface area (Å²) in [6.07, 6.45) is 6.67. The van der Waals surface area contributed by atoms with Crippen LogP contribution in [0, 0.1) is 12.3 Å². The van der Waals surface area contributed by atoms with Crippen LogP contribution in [0.3, 0.4) is 0 Å². The first kappa shape index (κ1) is 16.2. The van der Waals surface area contributed by atoms with Gasteiger partial charge in [-0.05, 0) is 31.5 Å². The molecule has 0 atom stereocenters. The number of unbranched alkanes of at least 4 members (excludes halogenated alkanes) is 3. The molecule has 0 saturated carbocycles. The van der Waals surface area contributed by atoms with Gasteiger partial charge >= 0.3 is 0 Å². The van der Waals surface area contributed by atoms with Crippen molar-refractivity contribution < 1.29 is 0 Å². The molecule has 2 N–H and O–H groups in total. The Morgan fingerprint density at radius 2 is 2.00 bits per heavy atom. The average Bonchev–Trinajstić information content (AvgIpc) is 2.54. The number of anilines is 1. The molecule has 1 aromatic carbocycles. The Labute approximate surface area is 133 Å². The van der Waals surface area contributed by atoms with Crippen LogP contribution >= 0.6 is 0 Å². The number of pyridine rings is 1. The lowest BCUT2D eigenvalue weighted by Crippen LogP contribution is -2.10. The molecule has 0 bridgehead atoms. The van der Waals surface area contributed by atoms with Crippen LogP contribution in [0.15, 0.2) is 42.6 Å². The van der Waals surface area contributed by atoms with Crippen molar-refractivity contribution in [1.82, 2.24) is 4.98 Å². The normalized spacial score (nSPS) is 10.5. The van der Waals surface area contributed by atoms with Crippen molar-refractivity contribution in [3.05, 3.63) is 59.3 Å². The zero-order valence-corrected chi connectivity index (χ0v) is 13.5. The number of nitrogens with zero attached hydrogens (tertiary/aromatic N) is 1. The second kappa shape index (κ2) is 8.32. The van der Waals surface area contributed by atoms with Crippen molar-refractivity contribution in [2.24, 2.45) is 0 Å². The van der Waals surface area contributed by atoms with Crippen LogP contribution in [0.2, 0.25) is 0 Å². The fourth-order valence-electron chi connectivity index (χ4n) is 2.46. The molecule has 116 valence electrons. The molecule has 0 fully saturated rings. The maximum Gasteiger partial charge on any atom is 0.135 e. The van der Waals surface area contributed by atoms with Gasteiger partial charge in [-0.2, -0.15) is 0 Å². The average molecular weight is 295 g/mol. The Hall–Kier alpha value is -2.16. The van der Waals surface area contributed by atoms with E-state index in [1.165, 1.54) is 24.8 Å². The molecule has 22 heavy (non-hydrogen) atoms. The summed E-state index contributed by atoms with van der Waals surface area (Å²) in [5.74, 6) is 0.811. The van der Waals surface area contributed by atoms with Crippen molar-refractivity contribution in [2.45, 2.75) is 39.5 Å². The number of benzene rings is 1. The Morgan fingerprint density at radius 1 is 1.14 bits per heavy atom. The van der Waals surface area contributed by atoms with Crippen LogP contribution in [0.5, 0.6) is 0 Å². The van der Waals surface area contributed by atoms with Gasteiger partial charge in [0.1, 0.15) is 5.82 Å². The molecule has 0 aliphatic rings. The highest BCUT2D eigenvalue weighted by Crippen LogP contribution is 2.17. The van der Waals surface area contributed by atoms with E-state index in [1.807, 2.05) is 43.3 Å². The Bertz CT molecular complexity index is 620. The molecule has 0 aliphatic carbocycles. The Kier molecular flexibility index (Phi) is 6.13. The first-order valence-electron chi connectivity index (χ1n) is 8.07. The van der Waals surface area contributed by atoms with E-state index in [0.29, 0.717) is 5.71 Å². The van der Waals surface area contributed by atoms with Crippen LogP contribution < -0.4 is 5.32 Å². The molecule has 1 heterocycles. The summed E-state index contributed by atoms with van der Waals surface area (Å²) < 4.78 is 0. The van der Waals surface area contributed by atoms with E-state index < -0.39 is 0 Å². The van der Waals surface area contributed by atoms with Crippen LogP contribution in [-0.4, -0.2) is 17.2 Å². The largest absolute Gasteiger partial charge is 0.370 e. The highest BCUT2D eigenvalue weighted by atomic mass is 15.0. The van der Waals surface area contributed by atoms with E-state index in [4.69, 9.17) is 5.41 Å². The third kappa shape index (κ3) is 4.42. The number of aromatic nitrogens is 1. The van der Waals surface area contributed by atoms with E-state index in [1.54, 1.807) is 6.20 Å². The van der Waals surface area contributed by atoms with Gasteiger partial charge in [0.2, 0.25) is 0 Å². The second-order valence-electron chi connectivity index (χ2n) is 5.63. The lowest BCUT2D eigenvalue weighted by Gasteiger charge is -2.12. The van der Waals surface area contributed by atoms with E-state index >= 15 is 0 Å². The van der Waals surface area contributed by atoms with Crippen molar-refractivity contribution in [3.63, 3.8) is 0 Å². The number of aryl methyl sites for hydroxylation is 1. The SMILES string of the molecule is CCCCCCNc1ncccc1C(=N)c1cccc(C)c1. The number of nitrogens with one attached hydrogen (secondary N) is 2. The summed E-state index contributed by atoms with van der Waals surface area (Å²) in [5.41, 5.74) is 3.48. The molecule has 3 nitrogen and oxygen atoms in total. The summed E-state index contributed by atoms with van der Waals surface area (Å²) in [5, 5.41) is 11.9. The first-order valence-corrected chi connectivity index (χ1v) is 8.07. The third-order valence-corrected chi connectivity index (χ3v) is 3.71. The predicted molar refractivity (Wildman–Crippen MR) is 94.0 cm³/mol. The lowest BCUT2D eigenvalue weighted by molar-refractivity contribution is 0.684. The van der Waals surface area contributed by atoms with Gasteiger partial charge in [-0.1, -0.05) is 49.9 Å². The van der Waals surface area contributed by atoms with Crippen molar-refractivity contribution in [3.8, 4) is 0 Å². The first-order chi connectivity index (χ1) is 10.7. The minimum Gasteiger partial charge on any atom is -0.370 e. The molecule has 0 spiro atoms. The zero-order chi connectivity index (χ0) is 15.8. The van der Waals surface area contributed by atoms with Crippen LogP contribution in [0.4, 0.5) is 5.82 Å². The van der Waals surface area contributed by atoms with Gasteiger partial charge in [-0.25, -0.2) is 4.98 Å². The van der Waals surface area contributed by atoms with Crippen LogP contribution in [0.25, 0.3) is 0 Å². The topological polar surface area (TPSA) is 48.8 Å². The second-order valence-corrected chi connectivity index (χ2v) is 5.63. The monoisotopic (exact) mass is 295 g/mol. The van der Waals surface area contributed by atoms with Gasteiger partial charge < -0.3 is 5.32 Å². The van der Waals surface area contributed by atoms with Crippen molar-refractivity contribution in [2.75, 3.05) is 11.9 Å². The number of rotatable bonds is 8. The standard InChI is InChI=1S/C19H25N3/c1-3-4-5-6-12-21-19-17(11-8-13-22-19)18(20)16-10-7-9-15(2)14-16/h7-11,13-14,20H,3-6,12H2,1-2H3,(H,21,22). The van der Waals surface area contributed by atoms with Crippen molar-refractivity contribution in [1.29, 1.82) is 5.41 Å². The van der Waals surface area contributed by atoms with Crippen LogP contribution in [-0.2, 0) is 0 Å². The smallest absolute Gasteiger partial charge is 0.135 e. The minimum atomic E-state index is 0.521. The molecule has 0 radical (unpaired) electrons.